The minimum atomic E-state index is -4.34. The van der Waals surface area contributed by atoms with Crippen molar-refractivity contribution in [1.29, 1.82) is 0 Å². The highest BCUT2D eigenvalue weighted by molar-refractivity contribution is 5.80. The van der Waals surface area contributed by atoms with Crippen LogP contribution in [-0.4, -0.2) is 6.29 Å². The highest BCUT2D eigenvalue weighted by Crippen LogP contribution is 2.40. The molecule has 0 bridgehead atoms. The van der Waals surface area contributed by atoms with E-state index in [1.165, 1.54) is 17.7 Å². The quantitative estimate of drug-likeness (QED) is 0.367. The van der Waals surface area contributed by atoms with Gasteiger partial charge in [-0.25, -0.2) is 0 Å². The molecule has 0 radical (unpaired) electrons. The summed E-state index contributed by atoms with van der Waals surface area (Å²) in [5.74, 6) is 1.01. The standard InChI is InChI=1S/C25H25F3NO/c1-17(16-30)18-6-8-19(9-7-18)22-14-15-29(24-5-3-2-4-23(22)24)21-12-10-20(11-13-21)25(26,27)28/h2-5,10-19H,6-9H2,1H3/q+1/t17-,18?,19?/m0/s1. The molecule has 156 valence electrons. The summed E-state index contributed by atoms with van der Waals surface area (Å²) in [6, 6.07) is 15.4. The van der Waals surface area contributed by atoms with Crippen molar-refractivity contribution < 1.29 is 22.5 Å². The zero-order chi connectivity index (χ0) is 21.3. The summed E-state index contributed by atoms with van der Waals surface area (Å²) in [6.45, 7) is 2.00. The van der Waals surface area contributed by atoms with Crippen LogP contribution in [0.3, 0.4) is 0 Å². The van der Waals surface area contributed by atoms with Gasteiger partial charge in [0.15, 0.2) is 6.20 Å². The van der Waals surface area contributed by atoms with Crippen molar-refractivity contribution in [3.8, 4) is 5.69 Å². The molecule has 2 aromatic carbocycles. The Balaban J connectivity index is 1.67. The third-order valence-corrected chi connectivity index (χ3v) is 6.52. The third kappa shape index (κ3) is 3.98. The van der Waals surface area contributed by atoms with Crippen LogP contribution in [0.15, 0.2) is 60.8 Å². The van der Waals surface area contributed by atoms with Crippen molar-refractivity contribution in [1.82, 2.24) is 0 Å². The van der Waals surface area contributed by atoms with Crippen LogP contribution in [0.2, 0.25) is 0 Å². The van der Waals surface area contributed by atoms with Gasteiger partial charge in [0.25, 0.3) is 0 Å². The Morgan fingerprint density at radius 1 is 0.967 bits per heavy atom. The van der Waals surface area contributed by atoms with Gasteiger partial charge in [-0.2, -0.15) is 17.7 Å². The van der Waals surface area contributed by atoms with Crippen LogP contribution in [0.4, 0.5) is 13.2 Å². The smallest absolute Gasteiger partial charge is 0.303 e. The molecule has 0 unspecified atom stereocenters. The second-order valence-corrected chi connectivity index (χ2v) is 8.31. The maximum atomic E-state index is 12.9. The molecule has 1 aliphatic rings. The summed E-state index contributed by atoms with van der Waals surface area (Å²) >= 11 is 0. The van der Waals surface area contributed by atoms with Gasteiger partial charge in [0.05, 0.1) is 10.9 Å². The number of carbonyl (C=O) groups is 1. The number of halogens is 3. The number of hydrogen-bond acceptors (Lipinski definition) is 1. The number of fused-ring (bicyclic) bond motifs is 1. The highest BCUT2D eigenvalue weighted by Gasteiger charge is 2.31. The van der Waals surface area contributed by atoms with E-state index in [1.807, 2.05) is 35.9 Å². The number of benzene rings is 2. The fourth-order valence-electron chi connectivity index (χ4n) is 4.71. The Morgan fingerprint density at radius 3 is 2.27 bits per heavy atom. The second kappa shape index (κ2) is 8.21. The third-order valence-electron chi connectivity index (χ3n) is 6.52. The van der Waals surface area contributed by atoms with Crippen LogP contribution in [-0.2, 0) is 11.0 Å². The number of pyridine rings is 1. The maximum Gasteiger partial charge on any atom is 0.416 e. The molecule has 1 fully saturated rings. The van der Waals surface area contributed by atoms with Crippen molar-refractivity contribution in [3.05, 3.63) is 71.9 Å². The first-order valence-corrected chi connectivity index (χ1v) is 10.4. The molecule has 5 heteroatoms. The molecule has 30 heavy (non-hydrogen) atoms. The molecule has 1 heterocycles. The van der Waals surface area contributed by atoms with E-state index in [9.17, 15) is 18.0 Å². The first kappa shape index (κ1) is 20.6. The number of para-hydroxylation sites is 1. The van der Waals surface area contributed by atoms with E-state index in [0.29, 0.717) is 17.5 Å². The number of alkyl halides is 3. The van der Waals surface area contributed by atoms with Crippen LogP contribution < -0.4 is 4.57 Å². The van der Waals surface area contributed by atoms with E-state index < -0.39 is 11.7 Å². The largest absolute Gasteiger partial charge is 0.416 e. The van der Waals surface area contributed by atoms with E-state index in [1.54, 1.807) is 0 Å². The Bertz CT molecular complexity index is 1030. The minimum absolute atomic E-state index is 0.111. The minimum Gasteiger partial charge on any atom is -0.303 e. The Morgan fingerprint density at radius 2 is 1.63 bits per heavy atom. The monoisotopic (exact) mass is 412 g/mol. The maximum absolute atomic E-state index is 12.9. The molecule has 2 nitrogen and oxygen atoms in total. The zero-order valence-corrected chi connectivity index (χ0v) is 16.9. The van der Waals surface area contributed by atoms with E-state index in [0.717, 1.165) is 55.0 Å². The Kier molecular flexibility index (Phi) is 5.63. The first-order valence-electron chi connectivity index (χ1n) is 10.4. The molecular weight excluding hydrogens is 387 g/mol. The van der Waals surface area contributed by atoms with Gasteiger partial charge >= 0.3 is 6.18 Å². The Hall–Kier alpha value is -2.69. The van der Waals surface area contributed by atoms with E-state index in [2.05, 4.69) is 12.1 Å². The zero-order valence-electron chi connectivity index (χ0n) is 16.9. The molecule has 1 aromatic heterocycles. The van der Waals surface area contributed by atoms with Gasteiger partial charge in [-0.1, -0.05) is 19.1 Å². The lowest BCUT2D eigenvalue weighted by atomic mass is 9.74. The molecule has 0 aliphatic heterocycles. The highest BCUT2D eigenvalue weighted by atomic mass is 19.4. The average molecular weight is 412 g/mol. The number of hydrogen-bond donors (Lipinski definition) is 0. The van der Waals surface area contributed by atoms with Crippen LogP contribution in [0.1, 0.15) is 49.7 Å². The number of aldehydes is 1. The molecule has 0 spiro atoms. The summed E-state index contributed by atoms with van der Waals surface area (Å²) in [5, 5.41) is 1.13. The molecule has 0 amide bonds. The van der Waals surface area contributed by atoms with Gasteiger partial charge in [0.1, 0.15) is 6.29 Å². The van der Waals surface area contributed by atoms with Gasteiger partial charge in [-0.05, 0) is 61.3 Å². The lowest BCUT2D eigenvalue weighted by Crippen LogP contribution is -2.32. The van der Waals surface area contributed by atoms with Gasteiger partial charge in [0, 0.05) is 30.2 Å². The predicted molar refractivity (Wildman–Crippen MR) is 110 cm³/mol. The molecule has 0 saturated heterocycles. The second-order valence-electron chi connectivity index (χ2n) is 8.31. The number of carbonyl (C=O) groups excluding carboxylic acids is 1. The number of rotatable bonds is 4. The Labute approximate surface area is 174 Å². The molecule has 0 N–H and O–H groups in total. The first-order chi connectivity index (χ1) is 14.4. The molecule has 3 aromatic rings. The number of aromatic nitrogens is 1. The average Bonchev–Trinajstić information content (AvgIpc) is 2.77. The van der Waals surface area contributed by atoms with Crippen molar-refractivity contribution in [3.63, 3.8) is 0 Å². The fourth-order valence-corrected chi connectivity index (χ4v) is 4.71. The summed E-state index contributed by atoms with van der Waals surface area (Å²) < 4.78 is 40.7. The van der Waals surface area contributed by atoms with Crippen LogP contribution in [0, 0.1) is 11.8 Å². The van der Waals surface area contributed by atoms with Crippen LogP contribution >= 0.6 is 0 Å². The van der Waals surface area contributed by atoms with Gasteiger partial charge in [-0.15, -0.1) is 0 Å². The van der Waals surface area contributed by atoms with E-state index in [4.69, 9.17) is 0 Å². The summed E-state index contributed by atoms with van der Waals surface area (Å²) in [6.07, 6.45) is 2.89. The molecule has 4 rings (SSSR count). The summed E-state index contributed by atoms with van der Waals surface area (Å²) in [7, 11) is 0. The summed E-state index contributed by atoms with van der Waals surface area (Å²) in [4.78, 5) is 11.1. The van der Waals surface area contributed by atoms with Crippen molar-refractivity contribution >= 4 is 17.2 Å². The molecule has 1 atom stereocenters. The summed E-state index contributed by atoms with van der Waals surface area (Å²) in [5.41, 5.74) is 2.33. The van der Waals surface area contributed by atoms with Crippen molar-refractivity contribution in [2.24, 2.45) is 11.8 Å². The lowest BCUT2D eigenvalue weighted by Gasteiger charge is -2.30. The van der Waals surface area contributed by atoms with Crippen LogP contribution in [0.5, 0.6) is 0 Å². The van der Waals surface area contributed by atoms with Crippen molar-refractivity contribution in [2.45, 2.75) is 44.7 Å². The van der Waals surface area contributed by atoms with E-state index in [-0.39, 0.29) is 5.92 Å². The SMILES string of the molecule is C[C@@H](C=O)C1CCC(c2cc[n+](-c3ccc(C(F)(F)F)cc3)c3ccccc23)CC1. The van der Waals surface area contributed by atoms with Gasteiger partial charge in [-0.3, -0.25) is 0 Å². The van der Waals surface area contributed by atoms with E-state index >= 15 is 0 Å². The fraction of sp³-hybridized carbons (Fsp3) is 0.360. The lowest BCUT2D eigenvalue weighted by molar-refractivity contribution is -0.567. The molecule has 1 saturated carbocycles. The molecule has 1 aliphatic carbocycles. The van der Waals surface area contributed by atoms with Crippen LogP contribution in [0.25, 0.3) is 16.6 Å². The van der Waals surface area contributed by atoms with Crippen molar-refractivity contribution in [2.75, 3.05) is 0 Å². The topological polar surface area (TPSA) is 20.9 Å². The predicted octanol–water partition coefficient (Wildman–Crippen LogP) is 6.24. The van der Waals surface area contributed by atoms with Gasteiger partial charge in [0.2, 0.25) is 11.2 Å². The number of nitrogens with zero attached hydrogens (tertiary/aromatic N) is 1. The molecular formula is C25H25F3NO+. The van der Waals surface area contributed by atoms with Gasteiger partial charge < -0.3 is 4.79 Å². The normalized spacial score (nSPS) is 20.8.